The molecular formula is C30H42O. The molecule has 0 amide bonds. The second kappa shape index (κ2) is 12.2. The Morgan fingerprint density at radius 2 is 1.35 bits per heavy atom. The molecule has 1 nitrogen and oxygen atoms in total. The smallest absolute Gasteiger partial charge is 0.126 e. The monoisotopic (exact) mass is 418 g/mol. The molecule has 0 spiro atoms. The maximum Gasteiger partial charge on any atom is 0.126 e. The molecule has 31 heavy (non-hydrogen) atoms. The Labute approximate surface area is 190 Å². The fourth-order valence-electron chi connectivity index (χ4n) is 5.23. The Kier molecular flexibility index (Phi) is 9.37. The molecule has 1 aliphatic rings. The lowest BCUT2D eigenvalue weighted by Crippen LogP contribution is -2.28. The zero-order chi connectivity index (χ0) is 21.9. The molecule has 0 radical (unpaired) electrons. The van der Waals surface area contributed by atoms with Crippen molar-refractivity contribution in [1.82, 2.24) is 0 Å². The number of aryl methyl sites for hydroxylation is 1. The highest BCUT2D eigenvalue weighted by atomic mass is 16.1. The lowest BCUT2D eigenvalue weighted by atomic mass is 9.67. The van der Waals surface area contributed by atoms with Gasteiger partial charge in [0.25, 0.3) is 0 Å². The van der Waals surface area contributed by atoms with Crippen LogP contribution in [0.2, 0.25) is 0 Å². The molecule has 3 rings (SSSR count). The molecule has 1 fully saturated rings. The average molecular weight is 419 g/mol. The number of unbranched alkanes of at least 4 members (excludes halogenated alkanes) is 5. The molecule has 0 aromatic heterocycles. The van der Waals surface area contributed by atoms with Crippen LogP contribution >= 0.6 is 0 Å². The Bertz CT molecular complexity index is 763. The first-order valence-electron chi connectivity index (χ1n) is 12.9. The molecule has 0 bridgehead atoms. The van der Waals surface area contributed by atoms with E-state index in [0.717, 1.165) is 32.1 Å². The Hall–Kier alpha value is -1.89. The van der Waals surface area contributed by atoms with Gasteiger partial charge in [-0.1, -0.05) is 101 Å². The molecule has 0 heterocycles. The van der Waals surface area contributed by atoms with Gasteiger partial charge in [0.2, 0.25) is 0 Å². The molecule has 1 saturated carbocycles. The van der Waals surface area contributed by atoms with Crippen molar-refractivity contribution < 1.29 is 4.79 Å². The van der Waals surface area contributed by atoms with E-state index < -0.39 is 0 Å². The Balaban J connectivity index is 1.53. The number of hydrogen-bond donors (Lipinski definition) is 0. The van der Waals surface area contributed by atoms with Crippen molar-refractivity contribution in [3.05, 3.63) is 59.7 Å². The van der Waals surface area contributed by atoms with Crippen LogP contribution in [-0.2, 0) is 11.2 Å². The van der Waals surface area contributed by atoms with Crippen molar-refractivity contribution in [1.29, 1.82) is 0 Å². The van der Waals surface area contributed by atoms with Crippen LogP contribution in [0.1, 0.15) is 108 Å². The SMILES string of the molecule is CCCCCCCc1ccc(-c2ccc(C3CCC(C=O)(CCCC)CC3)cc2)cc1. The summed E-state index contributed by atoms with van der Waals surface area (Å²) in [6.07, 6.45) is 17.0. The molecule has 0 saturated heterocycles. The topological polar surface area (TPSA) is 17.1 Å². The van der Waals surface area contributed by atoms with Gasteiger partial charge >= 0.3 is 0 Å². The van der Waals surface area contributed by atoms with Gasteiger partial charge in [-0.3, -0.25) is 0 Å². The van der Waals surface area contributed by atoms with Crippen LogP contribution in [0, 0.1) is 5.41 Å². The van der Waals surface area contributed by atoms with Gasteiger partial charge in [-0.25, -0.2) is 0 Å². The predicted molar refractivity (Wildman–Crippen MR) is 134 cm³/mol. The maximum atomic E-state index is 11.8. The molecule has 2 aromatic rings. The van der Waals surface area contributed by atoms with E-state index in [1.54, 1.807) is 0 Å². The lowest BCUT2D eigenvalue weighted by molar-refractivity contribution is -0.118. The highest BCUT2D eigenvalue weighted by Gasteiger charge is 2.34. The van der Waals surface area contributed by atoms with Crippen LogP contribution in [-0.4, -0.2) is 6.29 Å². The van der Waals surface area contributed by atoms with E-state index in [1.165, 1.54) is 79.9 Å². The van der Waals surface area contributed by atoms with Crippen LogP contribution in [0.4, 0.5) is 0 Å². The van der Waals surface area contributed by atoms with Crippen LogP contribution < -0.4 is 0 Å². The number of carbonyl (C=O) groups is 1. The molecule has 0 atom stereocenters. The molecule has 0 N–H and O–H groups in total. The normalized spacial score (nSPS) is 21.2. The summed E-state index contributed by atoms with van der Waals surface area (Å²) in [6.45, 7) is 4.49. The minimum atomic E-state index is -0.0375. The number of rotatable bonds is 12. The number of benzene rings is 2. The summed E-state index contributed by atoms with van der Waals surface area (Å²) in [7, 11) is 0. The van der Waals surface area contributed by atoms with Crippen molar-refractivity contribution in [2.24, 2.45) is 5.41 Å². The van der Waals surface area contributed by atoms with Crippen LogP contribution in [0.15, 0.2) is 48.5 Å². The Morgan fingerprint density at radius 3 is 1.94 bits per heavy atom. The molecule has 1 heteroatoms. The van der Waals surface area contributed by atoms with E-state index >= 15 is 0 Å². The largest absolute Gasteiger partial charge is 0.303 e. The molecule has 168 valence electrons. The highest BCUT2D eigenvalue weighted by Crippen LogP contribution is 2.44. The van der Waals surface area contributed by atoms with Gasteiger partial charge in [0.05, 0.1) is 0 Å². The van der Waals surface area contributed by atoms with Gasteiger partial charge in [-0.2, -0.15) is 0 Å². The summed E-state index contributed by atoms with van der Waals surface area (Å²) in [4.78, 5) is 11.8. The van der Waals surface area contributed by atoms with Crippen molar-refractivity contribution in [2.45, 2.75) is 103 Å². The van der Waals surface area contributed by atoms with Gasteiger partial charge in [0, 0.05) is 5.41 Å². The predicted octanol–water partition coefficient (Wildman–Crippen LogP) is 8.90. The zero-order valence-electron chi connectivity index (χ0n) is 19.9. The van der Waals surface area contributed by atoms with E-state index in [4.69, 9.17) is 0 Å². The van der Waals surface area contributed by atoms with Gasteiger partial charge in [0.15, 0.2) is 0 Å². The molecule has 0 unspecified atom stereocenters. The van der Waals surface area contributed by atoms with Gasteiger partial charge in [0.1, 0.15) is 6.29 Å². The summed E-state index contributed by atoms with van der Waals surface area (Å²) in [5.74, 6) is 0.610. The quantitative estimate of drug-likeness (QED) is 0.248. The van der Waals surface area contributed by atoms with Crippen LogP contribution in [0.3, 0.4) is 0 Å². The van der Waals surface area contributed by atoms with E-state index in [-0.39, 0.29) is 5.41 Å². The summed E-state index contributed by atoms with van der Waals surface area (Å²) in [5, 5.41) is 0. The van der Waals surface area contributed by atoms with E-state index in [2.05, 4.69) is 62.4 Å². The van der Waals surface area contributed by atoms with E-state index in [9.17, 15) is 4.79 Å². The van der Waals surface area contributed by atoms with E-state index in [1.807, 2.05) is 0 Å². The minimum absolute atomic E-state index is 0.0375. The third-order valence-electron chi connectivity index (χ3n) is 7.50. The summed E-state index contributed by atoms with van der Waals surface area (Å²) >= 11 is 0. The van der Waals surface area contributed by atoms with Crippen molar-refractivity contribution in [3.63, 3.8) is 0 Å². The van der Waals surface area contributed by atoms with E-state index in [0.29, 0.717) is 5.92 Å². The Morgan fingerprint density at radius 1 is 0.774 bits per heavy atom. The lowest BCUT2D eigenvalue weighted by Gasteiger charge is -2.36. The third-order valence-corrected chi connectivity index (χ3v) is 7.50. The van der Waals surface area contributed by atoms with Gasteiger partial charge in [-0.15, -0.1) is 0 Å². The molecule has 1 aliphatic carbocycles. The number of aldehydes is 1. The summed E-state index contributed by atoms with van der Waals surface area (Å²) in [5.41, 5.74) is 5.48. The molecule has 0 aliphatic heterocycles. The second-order valence-electron chi connectivity index (χ2n) is 9.84. The standard InChI is InChI=1S/C30H42O/c1-3-5-7-8-9-10-25-11-13-26(14-12-25)27-15-17-28(18-16-27)29-19-22-30(24-31,23-20-29)21-6-4-2/h11-18,24,29H,3-10,19-23H2,1-2H3. The first-order chi connectivity index (χ1) is 15.2. The summed E-state index contributed by atoms with van der Waals surface area (Å²) < 4.78 is 0. The number of hydrogen-bond acceptors (Lipinski definition) is 1. The number of carbonyl (C=O) groups excluding carboxylic acids is 1. The van der Waals surface area contributed by atoms with Crippen molar-refractivity contribution >= 4 is 6.29 Å². The molecule has 2 aromatic carbocycles. The van der Waals surface area contributed by atoms with Crippen molar-refractivity contribution in [3.8, 4) is 11.1 Å². The third kappa shape index (κ3) is 6.79. The van der Waals surface area contributed by atoms with Gasteiger partial charge in [-0.05, 0) is 73.1 Å². The first-order valence-corrected chi connectivity index (χ1v) is 12.9. The first kappa shape index (κ1) is 23.8. The van der Waals surface area contributed by atoms with Gasteiger partial charge < -0.3 is 4.79 Å². The fourth-order valence-corrected chi connectivity index (χ4v) is 5.23. The minimum Gasteiger partial charge on any atom is -0.303 e. The molecular weight excluding hydrogens is 376 g/mol. The average Bonchev–Trinajstić information content (AvgIpc) is 2.83. The zero-order valence-corrected chi connectivity index (χ0v) is 19.9. The van der Waals surface area contributed by atoms with Crippen LogP contribution in [0.25, 0.3) is 11.1 Å². The van der Waals surface area contributed by atoms with Crippen LogP contribution in [0.5, 0.6) is 0 Å². The fraction of sp³-hybridized carbons (Fsp3) is 0.567. The van der Waals surface area contributed by atoms with Crippen molar-refractivity contribution in [2.75, 3.05) is 0 Å². The maximum absolute atomic E-state index is 11.8. The summed E-state index contributed by atoms with van der Waals surface area (Å²) in [6, 6.07) is 18.4. The highest BCUT2D eigenvalue weighted by molar-refractivity contribution is 5.64. The second-order valence-corrected chi connectivity index (χ2v) is 9.84.